The van der Waals surface area contributed by atoms with E-state index < -0.39 is 29.3 Å². The number of hydrogen-bond acceptors (Lipinski definition) is 4. The maximum Gasteiger partial charge on any atom is 0.431 e. The van der Waals surface area contributed by atoms with Gasteiger partial charge in [-0.2, -0.15) is 13.2 Å². The summed E-state index contributed by atoms with van der Waals surface area (Å²) >= 11 is 4.70. The molecule has 142 valence electrons. The van der Waals surface area contributed by atoms with E-state index in [4.69, 9.17) is 12.2 Å². The fourth-order valence-electron chi connectivity index (χ4n) is 2.75. The summed E-state index contributed by atoms with van der Waals surface area (Å²) in [6, 6.07) is 0. The van der Waals surface area contributed by atoms with Crippen LogP contribution >= 0.6 is 12.2 Å². The molecule has 2 aliphatic heterocycles. The first-order valence-electron chi connectivity index (χ1n) is 7.95. The molecule has 1 saturated heterocycles. The van der Waals surface area contributed by atoms with Crippen molar-refractivity contribution in [2.24, 2.45) is 0 Å². The second kappa shape index (κ2) is 7.58. The Bertz CT molecular complexity index is 716. The quantitative estimate of drug-likeness (QED) is 0.360. The van der Waals surface area contributed by atoms with Gasteiger partial charge in [0.25, 0.3) is 11.8 Å². The van der Waals surface area contributed by atoms with Gasteiger partial charge in [-0.1, -0.05) is 0 Å². The number of nitrogens with zero attached hydrogens (tertiary/aromatic N) is 1. The van der Waals surface area contributed by atoms with Crippen molar-refractivity contribution in [1.29, 1.82) is 0 Å². The summed E-state index contributed by atoms with van der Waals surface area (Å²) in [6.07, 6.45) is -1.83. The van der Waals surface area contributed by atoms with Crippen molar-refractivity contribution in [3.8, 4) is 0 Å². The van der Waals surface area contributed by atoms with Gasteiger partial charge in [-0.05, 0) is 36.9 Å². The van der Waals surface area contributed by atoms with Gasteiger partial charge in [0, 0.05) is 18.7 Å². The summed E-state index contributed by atoms with van der Waals surface area (Å²) in [6.45, 7) is 2.42. The van der Waals surface area contributed by atoms with E-state index >= 15 is 0 Å². The number of halogens is 3. The summed E-state index contributed by atoms with van der Waals surface area (Å²) in [7, 11) is 3.85. The average Bonchev–Trinajstić information content (AvgIpc) is 2.46. The first kappa shape index (κ1) is 20.1. The molecule has 2 rings (SSSR count). The number of alkyl halides is 3. The summed E-state index contributed by atoms with van der Waals surface area (Å²) in [5.74, 6) is -1.64. The summed E-state index contributed by atoms with van der Waals surface area (Å²) in [5, 5.41) is 4.29. The molecule has 6 nitrogen and oxygen atoms in total. The van der Waals surface area contributed by atoms with Crippen LogP contribution in [0.3, 0.4) is 0 Å². The topological polar surface area (TPSA) is 65.9 Å². The van der Waals surface area contributed by atoms with Crippen LogP contribution in [0.4, 0.5) is 13.2 Å². The fraction of sp³-hybridized carbons (Fsp3) is 0.438. The Balaban J connectivity index is 2.43. The minimum absolute atomic E-state index is 0.0955. The number of nitrogens with one attached hydrogen (secondary N) is 3. The van der Waals surface area contributed by atoms with E-state index in [0.29, 0.717) is 18.7 Å². The van der Waals surface area contributed by atoms with Crippen LogP contribution in [-0.4, -0.2) is 55.2 Å². The number of amides is 2. The molecule has 3 N–H and O–H groups in total. The molecule has 26 heavy (non-hydrogen) atoms. The molecule has 2 heterocycles. The van der Waals surface area contributed by atoms with Gasteiger partial charge in [0.1, 0.15) is 11.3 Å². The lowest BCUT2D eigenvalue weighted by molar-refractivity contribution is -0.858. The van der Waals surface area contributed by atoms with Crippen LogP contribution < -0.4 is 15.5 Å². The molecule has 2 amide bonds. The standard InChI is InChI=1S/C16H19F3N4O2S/c1-9-7-10(12-13(24)20-15(26)21-14(12)25)8-11(16(17,18)19)23(9)6-4-5-22(2)3/h7-8H,4-6H2,1-3H3,(H2,20,21,24,25,26)/p+1. The van der Waals surface area contributed by atoms with Crippen molar-refractivity contribution >= 4 is 29.1 Å². The zero-order valence-corrected chi connectivity index (χ0v) is 15.4. The molecule has 0 unspecified atom stereocenters. The van der Waals surface area contributed by atoms with E-state index in [1.54, 1.807) is 0 Å². The zero-order chi connectivity index (χ0) is 19.6. The number of quaternary nitrogens is 1. The molecular formula is C16H20F3N4O2S+. The largest absolute Gasteiger partial charge is 0.431 e. The van der Waals surface area contributed by atoms with Crippen LogP contribution in [0.2, 0.25) is 0 Å². The van der Waals surface area contributed by atoms with E-state index in [-0.39, 0.29) is 17.2 Å². The third-order valence-corrected chi connectivity index (χ3v) is 4.12. The fourth-order valence-corrected chi connectivity index (χ4v) is 2.94. The molecule has 0 radical (unpaired) electrons. The van der Waals surface area contributed by atoms with Gasteiger partial charge in [-0.15, -0.1) is 0 Å². The lowest BCUT2D eigenvalue weighted by Gasteiger charge is -2.33. The minimum Gasteiger partial charge on any atom is -0.341 e. The van der Waals surface area contributed by atoms with Gasteiger partial charge in [0.05, 0.1) is 20.6 Å². The maximum atomic E-state index is 13.6. The number of hydrogen-bond donors (Lipinski definition) is 3. The molecule has 0 atom stereocenters. The molecule has 0 aromatic rings. The monoisotopic (exact) mass is 389 g/mol. The van der Waals surface area contributed by atoms with Crippen LogP contribution in [0.15, 0.2) is 34.7 Å². The zero-order valence-electron chi connectivity index (χ0n) is 14.6. The van der Waals surface area contributed by atoms with Crippen LogP contribution in [0.25, 0.3) is 0 Å². The van der Waals surface area contributed by atoms with E-state index in [0.717, 1.165) is 15.9 Å². The van der Waals surface area contributed by atoms with Crippen molar-refractivity contribution in [2.75, 3.05) is 27.2 Å². The molecule has 0 bridgehead atoms. The highest BCUT2D eigenvalue weighted by atomic mass is 32.1. The van der Waals surface area contributed by atoms with E-state index in [1.807, 2.05) is 14.1 Å². The molecular weight excluding hydrogens is 369 g/mol. The lowest BCUT2D eigenvalue weighted by atomic mass is 9.99. The maximum absolute atomic E-state index is 13.6. The van der Waals surface area contributed by atoms with E-state index in [9.17, 15) is 22.8 Å². The lowest BCUT2D eigenvalue weighted by Crippen LogP contribution is -3.05. The second-order valence-corrected chi connectivity index (χ2v) is 6.75. The first-order valence-corrected chi connectivity index (χ1v) is 8.36. The summed E-state index contributed by atoms with van der Waals surface area (Å²) < 4.78 is 40.7. The van der Waals surface area contributed by atoms with Crippen molar-refractivity contribution in [3.05, 3.63) is 34.7 Å². The van der Waals surface area contributed by atoms with Gasteiger partial charge in [0.15, 0.2) is 5.11 Å². The average molecular weight is 389 g/mol. The van der Waals surface area contributed by atoms with Crippen LogP contribution in [0, 0.1) is 0 Å². The SMILES string of the molecule is CC1=CC(=C2C(=O)NC(=S)NC2=O)C=C(C(F)(F)F)N1CCC[NH+](C)C. The van der Waals surface area contributed by atoms with E-state index in [1.165, 1.54) is 13.0 Å². The van der Waals surface area contributed by atoms with E-state index in [2.05, 4.69) is 10.6 Å². The second-order valence-electron chi connectivity index (χ2n) is 6.34. The number of thiocarbonyl (C=S) groups is 1. The predicted molar refractivity (Wildman–Crippen MR) is 92.8 cm³/mol. The van der Waals surface area contributed by atoms with Gasteiger partial charge >= 0.3 is 6.18 Å². The third kappa shape index (κ3) is 4.50. The van der Waals surface area contributed by atoms with Crippen LogP contribution in [0.1, 0.15) is 13.3 Å². The molecule has 2 aliphatic rings. The number of carbonyl (C=O) groups is 2. The molecule has 0 aromatic heterocycles. The number of carbonyl (C=O) groups excluding carboxylic acids is 2. The van der Waals surface area contributed by atoms with Gasteiger partial charge in [-0.3, -0.25) is 20.2 Å². The molecule has 0 spiro atoms. The Labute approximate surface area is 154 Å². The Hall–Kier alpha value is -2.20. The molecule has 10 heteroatoms. The summed E-state index contributed by atoms with van der Waals surface area (Å²) in [4.78, 5) is 26.4. The number of allylic oxidation sites excluding steroid dienone is 5. The highest BCUT2D eigenvalue weighted by Gasteiger charge is 2.41. The Morgan fingerprint density at radius 3 is 2.23 bits per heavy atom. The normalized spacial score (nSPS) is 18.7. The Morgan fingerprint density at radius 1 is 1.15 bits per heavy atom. The van der Waals surface area contributed by atoms with Crippen molar-refractivity contribution in [2.45, 2.75) is 19.5 Å². The molecule has 0 aliphatic carbocycles. The predicted octanol–water partition coefficient (Wildman–Crippen LogP) is 0.0141. The van der Waals surface area contributed by atoms with Crippen LogP contribution in [0.5, 0.6) is 0 Å². The minimum atomic E-state index is -4.62. The first-order chi connectivity index (χ1) is 12.0. The Morgan fingerprint density at radius 2 is 1.73 bits per heavy atom. The number of rotatable bonds is 4. The van der Waals surface area contributed by atoms with Gasteiger partial charge in [0.2, 0.25) is 0 Å². The highest BCUT2D eigenvalue weighted by Crippen LogP contribution is 2.36. The summed E-state index contributed by atoms with van der Waals surface area (Å²) in [5.41, 5.74) is -1.08. The Kier molecular flexibility index (Phi) is 5.87. The van der Waals surface area contributed by atoms with Crippen molar-refractivity contribution < 1.29 is 27.7 Å². The molecule has 1 fully saturated rings. The third-order valence-electron chi connectivity index (χ3n) is 3.92. The molecule has 0 saturated carbocycles. The van der Waals surface area contributed by atoms with Crippen molar-refractivity contribution in [3.63, 3.8) is 0 Å². The van der Waals surface area contributed by atoms with Crippen molar-refractivity contribution in [1.82, 2.24) is 15.5 Å². The highest BCUT2D eigenvalue weighted by molar-refractivity contribution is 7.80. The van der Waals surface area contributed by atoms with Gasteiger partial charge in [-0.25, -0.2) is 0 Å². The van der Waals surface area contributed by atoms with Gasteiger partial charge < -0.3 is 9.80 Å². The molecule has 0 aromatic carbocycles. The van der Waals surface area contributed by atoms with Crippen LogP contribution in [-0.2, 0) is 9.59 Å². The smallest absolute Gasteiger partial charge is 0.341 e.